The van der Waals surface area contributed by atoms with E-state index in [2.05, 4.69) is 10.6 Å². The molecule has 0 spiro atoms. The molecule has 0 bridgehead atoms. The summed E-state index contributed by atoms with van der Waals surface area (Å²) >= 11 is 0. The van der Waals surface area contributed by atoms with Gasteiger partial charge in [0.1, 0.15) is 11.6 Å². The molecule has 0 unspecified atom stereocenters. The molecular weight excluding hydrogens is 337 g/mol. The highest BCUT2D eigenvalue weighted by Crippen LogP contribution is 2.28. The predicted octanol–water partition coefficient (Wildman–Crippen LogP) is 3.58. The van der Waals surface area contributed by atoms with E-state index in [1.807, 2.05) is 0 Å². The highest BCUT2D eigenvalue weighted by molar-refractivity contribution is 6.05. The van der Waals surface area contributed by atoms with Crippen molar-refractivity contribution in [2.75, 3.05) is 10.6 Å². The highest BCUT2D eigenvalue weighted by Gasteiger charge is 2.35. The molecule has 1 aromatic carbocycles. The number of aryl methyl sites for hydroxylation is 1. The molecule has 1 fully saturated rings. The average molecular weight is 359 g/mol. The number of benzene rings is 1. The highest BCUT2D eigenvalue weighted by atomic mass is 19.1. The Morgan fingerprint density at radius 3 is 2.54 bits per heavy atom. The van der Waals surface area contributed by atoms with E-state index in [0.717, 1.165) is 19.3 Å². The van der Waals surface area contributed by atoms with Crippen LogP contribution in [0.4, 0.5) is 15.8 Å². The van der Waals surface area contributed by atoms with Gasteiger partial charge in [0, 0.05) is 5.69 Å². The third-order valence-corrected chi connectivity index (χ3v) is 4.77. The fourth-order valence-corrected chi connectivity index (χ4v) is 3.17. The average Bonchev–Trinajstić information content (AvgIpc) is 3.04. The van der Waals surface area contributed by atoms with Crippen molar-refractivity contribution in [3.05, 3.63) is 47.7 Å². The van der Waals surface area contributed by atoms with Gasteiger partial charge in [-0.25, -0.2) is 4.39 Å². The van der Waals surface area contributed by atoms with Gasteiger partial charge in [0.15, 0.2) is 0 Å². The van der Waals surface area contributed by atoms with Crippen molar-refractivity contribution in [2.24, 2.45) is 5.73 Å². The molecule has 6 nitrogen and oxygen atoms in total. The number of nitrogens with two attached hydrogens (primary N) is 1. The van der Waals surface area contributed by atoms with E-state index in [0.29, 0.717) is 29.9 Å². The number of carbonyl (C=O) groups excluding carboxylic acids is 2. The lowest BCUT2D eigenvalue weighted by molar-refractivity contribution is -0.122. The number of furan rings is 1. The first-order valence-electron chi connectivity index (χ1n) is 8.64. The summed E-state index contributed by atoms with van der Waals surface area (Å²) < 4.78 is 19.1. The van der Waals surface area contributed by atoms with Crippen LogP contribution >= 0.6 is 0 Å². The molecule has 0 radical (unpaired) electrons. The lowest BCUT2D eigenvalue weighted by Crippen LogP contribution is -2.52. The SMILES string of the molecule is Cc1occc1C(=O)Nc1cc(NC(=O)C2(N)CCCCC2)ccc1F. The van der Waals surface area contributed by atoms with Crippen molar-refractivity contribution < 1.29 is 18.4 Å². The van der Waals surface area contributed by atoms with Crippen molar-refractivity contribution >= 4 is 23.2 Å². The fraction of sp³-hybridized carbons (Fsp3) is 0.368. The van der Waals surface area contributed by atoms with E-state index in [4.69, 9.17) is 10.2 Å². The second kappa shape index (κ2) is 7.29. The van der Waals surface area contributed by atoms with E-state index in [1.54, 1.807) is 6.92 Å². The predicted molar refractivity (Wildman–Crippen MR) is 96.4 cm³/mol. The third-order valence-electron chi connectivity index (χ3n) is 4.77. The molecule has 2 aromatic rings. The van der Waals surface area contributed by atoms with Crippen molar-refractivity contribution in [1.82, 2.24) is 0 Å². The topological polar surface area (TPSA) is 97.4 Å². The van der Waals surface area contributed by atoms with Gasteiger partial charge < -0.3 is 20.8 Å². The van der Waals surface area contributed by atoms with Gasteiger partial charge in [-0.05, 0) is 44.0 Å². The van der Waals surface area contributed by atoms with E-state index < -0.39 is 17.3 Å². The molecule has 0 aliphatic heterocycles. The summed E-state index contributed by atoms with van der Waals surface area (Å²) in [5, 5.41) is 5.24. The van der Waals surface area contributed by atoms with E-state index in [1.165, 1.54) is 30.5 Å². The molecule has 1 saturated carbocycles. The maximum absolute atomic E-state index is 14.1. The fourth-order valence-electron chi connectivity index (χ4n) is 3.17. The number of amides is 2. The Bertz CT molecular complexity index is 825. The standard InChI is InChI=1S/C19H22FN3O3/c1-12-14(7-10-26-12)17(24)23-16-11-13(5-6-15(16)20)22-18(25)19(21)8-3-2-4-9-19/h5-7,10-11H,2-4,8-9,21H2,1H3,(H,22,25)(H,23,24). The molecule has 7 heteroatoms. The number of rotatable bonds is 4. The van der Waals surface area contributed by atoms with E-state index in [9.17, 15) is 14.0 Å². The zero-order valence-electron chi connectivity index (χ0n) is 14.6. The lowest BCUT2D eigenvalue weighted by Gasteiger charge is -2.31. The van der Waals surface area contributed by atoms with Gasteiger partial charge in [0.2, 0.25) is 5.91 Å². The molecule has 4 N–H and O–H groups in total. The Kier molecular flexibility index (Phi) is 5.08. The quantitative estimate of drug-likeness (QED) is 0.777. The Hall–Kier alpha value is -2.67. The summed E-state index contributed by atoms with van der Waals surface area (Å²) in [4.78, 5) is 24.7. The van der Waals surface area contributed by atoms with Crippen LogP contribution in [-0.4, -0.2) is 17.4 Å². The Labute approximate surface area is 150 Å². The molecule has 1 aliphatic carbocycles. The summed E-state index contributed by atoms with van der Waals surface area (Å²) in [6, 6.07) is 5.53. The van der Waals surface area contributed by atoms with Crippen LogP contribution in [0.25, 0.3) is 0 Å². The molecule has 1 heterocycles. The van der Waals surface area contributed by atoms with Crippen LogP contribution in [0.15, 0.2) is 34.9 Å². The van der Waals surface area contributed by atoms with Crippen molar-refractivity contribution in [2.45, 2.75) is 44.6 Å². The maximum Gasteiger partial charge on any atom is 0.259 e. The summed E-state index contributed by atoms with van der Waals surface area (Å²) in [6.45, 7) is 1.65. The van der Waals surface area contributed by atoms with Gasteiger partial charge in [-0.1, -0.05) is 19.3 Å². The molecule has 0 atom stereocenters. The number of hydrogen-bond donors (Lipinski definition) is 3. The van der Waals surface area contributed by atoms with Crippen molar-refractivity contribution in [1.29, 1.82) is 0 Å². The second-order valence-electron chi connectivity index (χ2n) is 6.71. The second-order valence-corrected chi connectivity index (χ2v) is 6.71. The zero-order chi connectivity index (χ0) is 18.7. The summed E-state index contributed by atoms with van der Waals surface area (Å²) in [6.07, 6.45) is 5.55. The smallest absolute Gasteiger partial charge is 0.259 e. The molecule has 138 valence electrons. The minimum atomic E-state index is -0.899. The Morgan fingerprint density at radius 1 is 1.15 bits per heavy atom. The van der Waals surface area contributed by atoms with Gasteiger partial charge >= 0.3 is 0 Å². The van der Waals surface area contributed by atoms with Crippen LogP contribution in [0, 0.1) is 12.7 Å². The minimum absolute atomic E-state index is 0.0249. The number of carbonyl (C=O) groups is 2. The molecule has 26 heavy (non-hydrogen) atoms. The molecule has 0 saturated heterocycles. The van der Waals surface area contributed by atoms with Crippen LogP contribution in [0.2, 0.25) is 0 Å². The maximum atomic E-state index is 14.1. The number of anilines is 2. The summed E-state index contributed by atoms with van der Waals surface area (Å²) in [7, 11) is 0. The van der Waals surface area contributed by atoms with Crippen LogP contribution < -0.4 is 16.4 Å². The normalized spacial score (nSPS) is 16.1. The third kappa shape index (κ3) is 3.77. The molecule has 1 aliphatic rings. The van der Waals surface area contributed by atoms with Crippen molar-refractivity contribution in [3.8, 4) is 0 Å². The van der Waals surface area contributed by atoms with Gasteiger partial charge in [-0.3, -0.25) is 9.59 Å². The number of halogens is 1. The van der Waals surface area contributed by atoms with Crippen LogP contribution in [0.1, 0.15) is 48.2 Å². The van der Waals surface area contributed by atoms with Crippen molar-refractivity contribution in [3.63, 3.8) is 0 Å². The summed E-state index contributed by atoms with van der Waals surface area (Å²) in [5.41, 5.74) is 5.99. The van der Waals surface area contributed by atoms with Crippen LogP contribution in [-0.2, 0) is 4.79 Å². The lowest BCUT2D eigenvalue weighted by atomic mass is 9.82. The number of nitrogens with one attached hydrogen (secondary N) is 2. The van der Waals surface area contributed by atoms with Gasteiger partial charge in [-0.2, -0.15) is 0 Å². The van der Waals surface area contributed by atoms with Crippen LogP contribution in [0.5, 0.6) is 0 Å². The van der Waals surface area contributed by atoms with Crippen LogP contribution in [0.3, 0.4) is 0 Å². The van der Waals surface area contributed by atoms with Gasteiger partial charge in [0.25, 0.3) is 5.91 Å². The first kappa shape index (κ1) is 18.1. The van der Waals surface area contributed by atoms with Gasteiger partial charge in [0.05, 0.1) is 23.1 Å². The summed E-state index contributed by atoms with van der Waals surface area (Å²) in [5.74, 6) is -0.930. The first-order chi connectivity index (χ1) is 12.4. The van der Waals surface area contributed by atoms with Gasteiger partial charge in [-0.15, -0.1) is 0 Å². The monoisotopic (exact) mass is 359 g/mol. The Morgan fingerprint density at radius 2 is 1.88 bits per heavy atom. The number of hydrogen-bond acceptors (Lipinski definition) is 4. The Balaban J connectivity index is 1.74. The molecule has 3 rings (SSSR count). The molecular formula is C19H22FN3O3. The minimum Gasteiger partial charge on any atom is -0.469 e. The molecule has 1 aromatic heterocycles. The van der Waals surface area contributed by atoms with E-state index in [-0.39, 0.29) is 11.6 Å². The first-order valence-corrected chi connectivity index (χ1v) is 8.64. The van der Waals surface area contributed by atoms with E-state index >= 15 is 0 Å². The molecule has 2 amide bonds. The largest absolute Gasteiger partial charge is 0.469 e. The zero-order valence-corrected chi connectivity index (χ0v) is 14.6.